The molecule has 6 heteroatoms. The van der Waals surface area contributed by atoms with Crippen molar-refractivity contribution in [2.24, 2.45) is 5.92 Å². The highest BCUT2D eigenvalue weighted by Crippen LogP contribution is 2.45. The lowest BCUT2D eigenvalue weighted by Crippen LogP contribution is -2.50. The van der Waals surface area contributed by atoms with E-state index in [1.165, 1.54) is 0 Å². The van der Waals surface area contributed by atoms with E-state index in [0.29, 0.717) is 0 Å². The van der Waals surface area contributed by atoms with Crippen LogP contribution in [0.4, 0.5) is 5.82 Å². The second kappa shape index (κ2) is 5.95. The van der Waals surface area contributed by atoms with E-state index in [1.807, 2.05) is 6.07 Å². The third kappa shape index (κ3) is 2.31. The molecule has 0 amide bonds. The van der Waals surface area contributed by atoms with Gasteiger partial charge in [-0.2, -0.15) is 0 Å². The van der Waals surface area contributed by atoms with Crippen molar-refractivity contribution in [3.63, 3.8) is 0 Å². The molecule has 0 radical (unpaired) electrons. The highest BCUT2D eigenvalue weighted by Gasteiger charge is 2.48. The van der Waals surface area contributed by atoms with Crippen molar-refractivity contribution in [1.29, 1.82) is 0 Å². The molecule has 3 rings (SSSR count). The van der Waals surface area contributed by atoms with Gasteiger partial charge in [-0.3, -0.25) is 0 Å². The van der Waals surface area contributed by atoms with Crippen LogP contribution in [-0.4, -0.2) is 57.1 Å². The maximum atomic E-state index is 11.6. The molecule has 1 spiro atoms. The lowest BCUT2D eigenvalue weighted by atomic mass is 9.68. The molecule has 22 heavy (non-hydrogen) atoms. The van der Waals surface area contributed by atoms with E-state index in [4.69, 9.17) is 9.47 Å². The summed E-state index contributed by atoms with van der Waals surface area (Å²) in [7, 11) is 5.25. The smallest absolute Gasteiger partial charge is 0.200 e. The van der Waals surface area contributed by atoms with Gasteiger partial charge >= 0.3 is 0 Å². The topological polar surface area (TPSA) is 63.7 Å². The van der Waals surface area contributed by atoms with Gasteiger partial charge in [0.2, 0.25) is 6.29 Å². The Kier molecular flexibility index (Phi) is 4.16. The number of aromatic nitrogens is 1. The van der Waals surface area contributed by atoms with E-state index in [-0.39, 0.29) is 11.3 Å². The number of fused-ring (bicyclic) bond motifs is 2. The van der Waals surface area contributed by atoms with E-state index >= 15 is 0 Å². The summed E-state index contributed by atoms with van der Waals surface area (Å²) in [5, 5.41) is 3.38. The lowest BCUT2D eigenvalue weighted by Gasteiger charge is -2.42. The van der Waals surface area contributed by atoms with Gasteiger partial charge in [0.05, 0.1) is 5.69 Å². The monoisotopic (exact) mass is 305 g/mol. The second-order valence-corrected chi connectivity index (χ2v) is 6.20. The second-order valence-electron chi connectivity index (χ2n) is 6.20. The molecule has 1 saturated heterocycles. The third-order valence-corrected chi connectivity index (χ3v) is 5.02. The van der Waals surface area contributed by atoms with Crippen LogP contribution in [-0.2, 0) is 19.7 Å². The Morgan fingerprint density at radius 2 is 2.23 bits per heavy atom. The van der Waals surface area contributed by atoms with Crippen LogP contribution in [0.2, 0.25) is 0 Å². The first kappa shape index (κ1) is 15.4. The number of carbonyl (C=O) groups is 1. The van der Waals surface area contributed by atoms with Gasteiger partial charge in [0, 0.05) is 44.2 Å². The van der Waals surface area contributed by atoms with Crippen molar-refractivity contribution in [2.75, 3.05) is 46.2 Å². The molecular formula is C16H23N3O3. The van der Waals surface area contributed by atoms with E-state index in [2.05, 4.69) is 28.3 Å². The zero-order chi connectivity index (χ0) is 15.7. The van der Waals surface area contributed by atoms with Gasteiger partial charge in [0.1, 0.15) is 12.1 Å². The van der Waals surface area contributed by atoms with E-state index < -0.39 is 6.29 Å². The molecule has 6 nitrogen and oxygen atoms in total. The average molecular weight is 305 g/mol. The molecule has 1 aromatic heterocycles. The quantitative estimate of drug-likeness (QED) is 0.666. The van der Waals surface area contributed by atoms with Gasteiger partial charge in [-0.25, -0.2) is 4.98 Å². The largest absolute Gasteiger partial charge is 0.369 e. The summed E-state index contributed by atoms with van der Waals surface area (Å²) >= 11 is 0. The highest BCUT2D eigenvalue weighted by atomic mass is 16.7. The van der Waals surface area contributed by atoms with Crippen LogP contribution in [0.15, 0.2) is 12.1 Å². The number of pyridine rings is 1. The summed E-state index contributed by atoms with van der Waals surface area (Å²) in [6.07, 6.45) is 1.60. The van der Waals surface area contributed by atoms with Crippen LogP contribution in [0.25, 0.3) is 0 Å². The number of ether oxygens (including phenoxy) is 2. The first-order chi connectivity index (χ1) is 10.6. The Balaban J connectivity index is 1.96. The van der Waals surface area contributed by atoms with Gasteiger partial charge in [-0.15, -0.1) is 0 Å². The molecule has 1 aromatic rings. The Morgan fingerprint density at radius 1 is 1.45 bits per heavy atom. The number of aldehydes is 1. The van der Waals surface area contributed by atoms with Gasteiger partial charge in [0.15, 0.2) is 0 Å². The fourth-order valence-corrected chi connectivity index (χ4v) is 3.72. The van der Waals surface area contributed by atoms with Crippen molar-refractivity contribution in [2.45, 2.75) is 18.1 Å². The van der Waals surface area contributed by atoms with Crippen LogP contribution in [0.1, 0.15) is 24.0 Å². The Morgan fingerprint density at radius 3 is 2.91 bits per heavy atom. The maximum Gasteiger partial charge on any atom is 0.200 e. The number of hydrogen-bond acceptors (Lipinski definition) is 6. The van der Waals surface area contributed by atoms with Crippen molar-refractivity contribution >= 4 is 12.1 Å². The number of nitrogens with zero attached hydrogens (tertiary/aromatic N) is 2. The molecule has 120 valence electrons. The minimum absolute atomic E-state index is 0.00621. The number of rotatable bonds is 4. The van der Waals surface area contributed by atoms with Crippen molar-refractivity contribution in [3.05, 3.63) is 23.4 Å². The third-order valence-electron chi connectivity index (χ3n) is 5.02. The number of nitrogens with one attached hydrogen (secondary N) is 1. The first-order valence-electron chi connectivity index (χ1n) is 7.59. The van der Waals surface area contributed by atoms with Crippen LogP contribution < -0.4 is 5.32 Å². The number of piperidine rings is 1. The van der Waals surface area contributed by atoms with Crippen LogP contribution in [0, 0.1) is 5.92 Å². The Labute approximate surface area is 130 Å². The molecule has 2 unspecified atom stereocenters. The molecule has 2 atom stereocenters. The van der Waals surface area contributed by atoms with Crippen molar-refractivity contribution in [1.82, 2.24) is 9.88 Å². The maximum absolute atomic E-state index is 11.6. The minimum Gasteiger partial charge on any atom is -0.369 e. The lowest BCUT2D eigenvalue weighted by molar-refractivity contribution is -0.114. The Bertz CT molecular complexity index is 562. The minimum atomic E-state index is -0.469. The number of anilines is 1. The molecule has 2 aliphatic heterocycles. The standard InChI is InChI=1S/C16H23N3O3/c1-19-7-6-16(11(8-19)9-20)10-17-14-12(16)4-5-13(18-14)15(21-2)22-3/h4-5,9,11,15H,6-8,10H2,1-3H3,(H,17,18). The van der Waals surface area contributed by atoms with Crippen LogP contribution in [0.3, 0.4) is 0 Å². The summed E-state index contributed by atoms with van der Waals surface area (Å²) in [6.45, 7) is 2.55. The molecule has 3 heterocycles. The molecule has 0 aliphatic carbocycles. The Hall–Kier alpha value is -1.50. The summed E-state index contributed by atoms with van der Waals surface area (Å²) < 4.78 is 10.5. The number of methoxy groups -OCH3 is 2. The fraction of sp³-hybridized carbons (Fsp3) is 0.625. The van der Waals surface area contributed by atoms with Gasteiger partial charge in [-0.05, 0) is 26.1 Å². The number of carbonyl (C=O) groups excluding carboxylic acids is 1. The molecule has 1 N–H and O–H groups in total. The van der Waals surface area contributed by atoms with Crippen molar-refractivity contribution in [3.8, 4) is 0 Å². The van der Waals surface area contributed by atoms with E-state index in [0.717, 1.165) is 49.4 Å². The summed E-state index contributed by atoms with van der Waals surface area (Å²) in [4.78, 5) is 18.5. The average Bonchev–Trinajstić information content (AvgIpc) is 2.90. The normalized spacial score (nSPS) is 27.9. The zero-order valence-electron chi connectivity index (χ0n) is 13.3. The molecule has 0 bridgehead atoms. The van der Waals surface area contributed by atoms with Crippen molar-refractivity contribution < 1.29 is 14.3 Å². The van der Waals surface area contributed by atoms with Gasteiger partial charge in [-0.1, -0.05) is 6.07 Å². The molecule has 0 aromatic carbocycles. The van der Waals surface area contributed by atoms with E-state index in [9.17, 15) is 4.79 Å². The van der Waals surface area contributed by atoms with Crippen LogP contribution in [0.5, 0.6) is 0 Å². The van der Waals surface area contributed by atoms with E-state index in [1.54, 1.807) is 14.2 Å². The fourth-order valence-electron chi connectivity index (χ4n) is 3.72. The number of hydrogen-bond donors (Lipinski definition) is 1. The number of likely N-dealkylation sites (tertiary alicyclic amines) is 1. The highest BCUT2D eigenvalue weighted by molar-refractivity contribution is 5.65. The zero-order valence-corrected chi connectivity index (χ0v) is 13.3. The molecular weight excluding hydrogens is 282 g/mol. The van der Waals surface area contributed by atoms with Gasteiger partial charge in [0.25, 0.3) is 0 Å². The molecule has 0 saturated carbocycles. The predicted octanol–water partition coefficient (Wildman–Crippen LogP) is 1.19. The summed E-state index contributed by atoms with van der Waals surface area (Å²) in [5.41, 5.74) is 1.75. The summed E-state index contributed by atoms with van der Waals surface area (Å²) in [5.74, 6) is 0.848. The predicted molar refractivity (Wildman–Crippen MR) is 82.8 cm³/mol. The van der Waals surface area contributed by atoms with Gasteiger partial charge < -0.3 is 24.5 Å². The van der Waals surface area contributed by atoms with Crippen LogP contribution >= 0.6 is 0 Å². The molecule has 2 aliphatic rings. The SMILES string of the molecule is COC(OC)c1ccc2c(n1)NCC21CCN(C)CC1C=O. The summed E-state index contributed by atoms with van der Waals surface area (Å²) in [6, 6.07) is 4.01. The molecule has 1 fully saturated rings. The first-order valence-corrected chi connectivity index (χ1v) is 7.59.